The number of rotatable bonds is 5. The third kappa shape index (κ3) is 4.16. The fraction of sp³-hybridized carbons (Fsp3) is 0.474. The molecule has 0 atom stereocenters. The summed E-state index contributed by atoms with van der Waals surface area (Å²) in [6.45, 7) is 3.23. The van der Waals surface area contributed by atoms with Gasteiger partial charge in [-0.25, -0.2) is 18.4 Å². The lowest BCUT2D eigenvalue weighted by molar-refractivity contribution is 0.573. The number of hydrogen-bond acceptors (Lipinski definition) is 6. The van der Waals surface area contributed by atoms with Crippen LogP contribution in [0.5, 0.6) is 0 Å². The van der Waals surface area contributed by atoms with Crippen LogP contribution in [-0.4, -0.2) is 43.8 Å². The summed E-state index contributed by atoms with van der Waals surface area (Å²) < 4.78 is 25.8. The molecule has 1 N–H and O–H groups in total. The Morgan fingerprint density at radius 2 is 1.85 bits per heavy atom. The molecule has 0 spiro atoms. The van der Waals surface area contributed by atoms with Gasteiger partial charge in [-0.05, 0) is 43.4 Å². The van der Waals surface area contributed by atoms with Gasteiger partial charge in [0.2, 0.25) is 10.0 Å². The first kappa shape index (κ1) is 18.0. The van der Waals surface area contributed by atoms with Crippen molar-refractivity contribution in [3.63, 3.8) is 0 Å². The Hall–Kier alpha value is -2.35. The Labute approximate surface area is 160 Å². The van der Waals surface area contributed by atoms with E-state index in [4.69, 9.17) is 0 Å². The number of nitrogens with zero attached hydrogens (tertiary/aromatic N) is 4. The quantitative estimate of drug-likeness (QED) is 0.850. The molecule has 8 heteroatoms. The van der Waals surface area contributed by atoms with Crippen LogP contribution >= 0.6 is 0 Å². The molecule has 2 aliphatic heterocycles. The summed E-state index contributed by atoms with van der Waals surface area (Å²) in [6.07, 6.45) is 5.98. The minimum Gasteiger partial charge on any atom is -0.366 e. The van der Waals surface area contributed by atoms with Crippen LogP contribution in [0.3, 0.4) is 0 Å². The van der Waals surface area contributed by atoms with E-state index in [1.165, 1.54) is 23.6 Å². The largest absolute Gasteiger partial charge is 0.366 e. The lowest BCUT2D eigenvalue weighted by atomic mass is 10.1. The summed E-state index contributed by atoms with van der Waals surface area (Å²) in [5.41, 5.74) is 1.76. The van der Waals surface area contributed by atoms with Crippen molar-refractivity contribution in [2.45, 2.75) is 32.2 Å². The molecule has 0 bridgehead atoms. The second kappa shape index (κ2) is 7.72. The van der Waals surface area contributed by atoms with Gasteiger partial charge in [0.1, 0.15) is 18.0 Å². The maximum Gasteiger partial charge on any atom is 0.235 e. The summed E-state index contributed by atoms with van der Waals surface area (Å²) in [5, 5.41) is 3.33. The van der Waals surface area contributed by atoms with Gasteiger partial charge in [-0.15, -0.1) is 0 Å². The fourth-order valence-electron chi connectivity index (χ4n) is 3.68. The van der Waals surface area contributed by atoms with Crippen molar-refractivity contribution >= 4 is 27.3 Å². The summed E-state index contributed by atoms with van der Waals surface area (Å²) in [6, 6.07) is 9.67. The van der Waals surface area contributed by atoms with Crippen LogP contribution < -0.4 is 14.5 Å². The van der Waals surface area contributed by atoms with E-state index in [9.17, 15) is 8.42 Å². The van der Waals surface area contributed by atoms with Crippen molar-refractivity contribution in [1.29, 1.82) is 0 Å². The van der Waals surface area contributed by atoms with Gasteiger partial charge >= 0.3 is 0 Å². The monoisotopic (exact) mass is 387 g/mol. The Kier molecular flexibility index (Phi) is 5.15. The van der Waals surface area contributed by atoms with E-state index in [0.717, 1.165) is 36.0 Å². The lowest BCUT2D eigenvalue weighted by Crippen LogP contribution is -2.30. The number of sulfonamides is 1. The van der Waals surface area contributed by atoms with Crippen LogP contribution in [0, 0.1) is 0 Å². The van der Waals surface area contributed by atoms with Crippen LogP contribution in [0.1, 0.15) is 31.2 Å². The highest BCUT2D eigenvalue weighted by Crippen LogP contribution is 2.25. The molecule has 2 aromatic rings. The standard InChI is InChI=1S/C19H25N5O2S/c25-27(26)11-5-10-24(27)17-7-4-6-16(12-17)14-20-18-13-19(22-15-21-18)23-8-2-1-3-9-23/h4,6-7,12-13,15H,1-3,5,8-11,14H2,(H,20,21,22). The summed E-state index contributed by atoms with van der Waals surface area (Å²) in [4.78, 5) is 11.0. The van der Waals surface area contributed by atoms with E-state index in [2.05, 4.69) is 20.2 Å². The number of anilines is 3. The van der Waals surface area contributed by atoms with Crippen LogP contribution in [0.4, 0.5) is 17.3 Å². The minimum absolute atomic E-state index is 0.232. The third-order valence-corrected chi connectivity index (χ3v) is 6.97. The van der Waals surface area contributed by atoms with Gasteiger partial charge in [0.15, 0.2) is 0 Å². The van der Waals surface area contributed by atoms with E-state index in [0.29, 0.717) is 19.5 Å². The molecular weight excluding hydrogens is 362 g/mol. The van der Waals surface area contributed by atoms with Gasteiger partial charge in [0.25, 0.3) is 0 Å². The molecule has 0 radical (unpaired) electrons. The van der Waals surface area contributed by atoms with Gasteiger partial charge in [-0.3, -0.25) is 4.31 Å². The molecule has 0 unspecified atom stereocenters. The summed E-state index contributed by atoms with van der Waals surface area (Å²) in [5.74, 6) is 1.98. The first-order valence-electron chi connectivity index (χ1n) is 9.52. The zero-order valence-electron chi connectivity index (χ0n) is 15.3. The molecule has 0 amide bonds. The highest BCUT2D eigenvalue weighted by Gasteiger charge is 2.28. The molecule has 1 aromatic carbocycles. The Bertz CT molecular complexity index is 896. The van der Waals surface area contributed by atoms with Gasteiger partial charge in [-0.2, -0.15) is 0 Å². The highest BCUT2D eigenvalue weighted by atomic mass is 32.2. The first-order chi connectivity index (χ1) is 13.1. The Morgan fingerprint density at radius 3 is 2.63 bits per heavy atom. The van der Waals surface area contributed by atoms with Crippen LogP contribution in [0.2, 0.25) is 0 Å². The molecule has 2 fully saturated rings. The van der Waals surface area contributed by atoms with Gasteiger partial charge < -0.3 is 10.2 Å². The molecule has 2 saturated heterocycles. The smallest absolute Gasteiger partial charge is 0.235 e. The van der Waals surface area contributed by atoms with Crippen molar-refractivity contribution in [2.75, 3.05) is 39.9 Å². The molecule has 1 aromatic heterocycles. The minimum atomic E-state index is -3.16. The van der Waals surface area contributed by atoms with Crippen molar-refractivity contribution in [3.8, 4) is 0 Å². The van der Waals surface area contributed by atoms with E-state index in [-0.39, 0.29) is 5.75 Å². The van der Waals surface area contributed by atoms with E-state index >= 15 is 0 Å². The molecular formula is C19H25N5O2S. The molecule has 2 aliphatic rings. The lowest BCUT2D eigenvalue weighted by Gasteiger charge is -2.27. The first-order valence-corrected chi connectivity index (χ1v) is 11.1. The molecule has 4 rings (SSSR count). The normalized spacial score (nSPS) is 19.3. The van der Waals surface area contributed by atoms with Gasteiger partial charge in [0, 0.05) is 32.2 Å². The van der Waals surface area contributed by atoms with Crippen molar-refractivity contribution in [1.82, 2.24) is 9.97 Å². The maximum absolute atomic E-state index is 12.1. The predicted molar refractivity (Wildman–Crippen MR) is 108 cm³/mol. The van der Waals surface area contributed by atoms with Crippen molar-refractivity contribution < 1.29 is 8.42 Å². The van der Waals surface area contributed by atoms with E-state index in [1.807, 2.05) is 30.3 Å². The Morgan fingerprint density at radius 1 is 1.00 bits per heavy atom. The Balaban J connectivity index is 1.44. The van der Waals surface area contributed by atoms with Crippen LogP contribution in [0.25, 0.3) is 0 Å². The fourth-order valence-corrected chi connectivity index (χ4v) is 5.24. The average molecular weight is 388 g/mol. The van der Waals surface area contributed by atoms with E-state index in [1.54, 1.807) is 6.33 Å². The second-order valence-electron chi connectivity index (χ2n) is 7.07. The zero-order chi connectivity index (χ0) is 18.7. The summed E-state index contributed by atoms with van der Waals surface area (Å²) >= 11 is 0. The van der Waals surface area contributed by atoms with Gasteiger partial charge in [0.05, 0.1) is 11.4 Å². The summed E-state index contributed by atoms with van der Waals surface area (Å²) in [7, 11) is -3.16. The third-order valence-electron chi connectivity index (χ3n) is 5.10. The average Bonchev–Trinajstić information content (AvgIpc) is 3.07. The second-order valence-corrected chi connectivity index (χ2v) is 9.09. The van der Waals surface area contributed by atoms with Gasteiger partial charge in [-0.1, -0.05) is 12.1 Å². The topological polar surface area (TPSA) is 78.4 Å². The van der Waals surface area contributed by atoms with Crippen molar-refractivity contribution in [2.24, 2.45) is 0 Å². The zero-order valence-corrected chi connectivity index (χ0v) is 16.2. The number of hydrogen-bond donors (Lipinski definition) is 1. The molecule has 0 aliphatic carbocycles. The molecule has 144 valence electrons. The number of aromatic nitrogens is 2. The molecule has 27 heavy (non-hydrogen) atoms. The predicted octanol–water partition coefficient (Wildman–Crippen LogP) is 2.62. The van der Waals surface area contributed by atoms with E-state index < -0.39 is 10.0 Å². The molecule has 7 nitrogen and oxygen atoms in total. The molecule has 0 saturated carbocycles. The van der Waals surface area contributed by atoms with Crippen LogP contribution in [0.15, 0.2) is 36.7 Å². The van der Waals surface area contributed by atoms with Crippen molar-refractivity contribution in [3.05, 3.63) is 42.2 Å². The molecule has 3 heterocycles. The SMILES string of the molecule is O=S1(=O)CCCN1c1cccc(CNc2cc(N3CCCCC3)ncn2)c1. The maximum atomic E-state index is 12.1. The highest BCUT2D eigenvalue weighted by molar-refractivity contribution is 7.93. The number of nitrogens with one attached hydrogen (secondary N) is 1. The number of benzene rings is 1. The van der Waals surface area contributed by atoms with Crippen LogP contribution in [-0.2, 0) is 16.6 Å². The number of piperidine rings is 1.